The van der Waals surface area contributed by atoms with Gasteiger partial charge in [0.1, 0.15) is 0 Å². The second-order valence-corrected chi connectivity index (χ2v) is 8.21. The summed E-state index contributed by atoms with van der Waals surface area (Å²) in [5.41, 5.74) is 3.05. The molecule has 3 rings (SSSR count). The van der Waals surface area contributed by atoms with Crippen molar-refractivity contribution in [2.75, 3.05) is 0 Å². The number of fused-ring (bicyclic) bond motifs is 1. The van der Waals surface area contributed by atoms with Crippen LogP contribution < -0.4 is 0 Å². The van der Waals surface area contributed by atoms with Crippen LogP contribution in [0.4, 0.5) is 0 Å². The van der Waals surface area contributed by atoms with Gasteiger partial charge in [0.05, 0.1) is 0 Å². The smallest absolute Gasteiger partial charge is 0.00715 e. The first-order valence-corrected chi connectivity index (χ1v) is 9.03. The molecule has 0 aromatic rings. The average molecular weight is 284 g/mol. The van der Waals surface area contributed by atoms with E-state index in [1.807, 2.05) is 0 Å². The van der Waals surface area contributed by atoms with Crippen LogP contribution >= 0.6 is 0 Å². The number of rotatable bonds is 3. The summed E-state index contributed by atoms with van der Waals surface area (Å²) in [5.74, 6) is 5.02. The van der Waals surface area contributed by atoms with E-state index in [1.165, 1.54) is 37.7 Å². The van der Waals surface area contributed by atoms with Gasteiger partial charge in [-0.05, 0) is 54.3 Å². The molecule has 0 heteroatoms. The van der Waals surface area contributed by atoms with Crippen LogP contribution in [0.15, 0.2) is 36.5 Å². The fourth-order valence-electron chi connectivity index (χ4n) is 5.22. The van der Waals surface area contributed by atoms with Crippen LogP contribution in [-0.2, 0) is 0 Å². The van der Waals surface area contributed by atoms with Crippen LogP contribution in [0.5, 0.6) is 0 Å². The summed E-state index contributed by atoms with van der Waals surface area (Å²) < 4.78 is 0. The van der Waals surface area contributed by atoms with Gasteiger partial charge in [-0.2, -0.15) is 0 Å². The Balaban J connectivity index is 1.77. The maximum atomic E-state index is 4.60. The van der Waals surface area contributed by atoms with Crippen molar-refractivity contribution in [2.24, 2.45) is 41.4 Å². The van der Waals surface area contributed by atoms with E-state index < -0.39 is 0 Å². The SMILES string of the molecule is C=C1CC(C(C)CC2CCC2)C(=C)C2C(C)C=CC(C)C12. The predicted octanol–water partition coefficient (Wildman–Crippen LogP) is 6.02. The lowest BCUT2D eigenvalue weighted by Gasteiger charge is -2.48. The molecule has 2 fully saturated rings. The second kappa shape index (κ2) is 5.78. The molecule has 0 aliphatic heterocycles. The maximum Gasteiger partial charge on any atom is -0.00715 e. The molecule has 0 saturated heterocycles. The summed E-state index contributed by atoms with van der Waals surface area (Å²) in [5, 5.41) is 0. The lowest BCUT2D eigenvalue weighted by atomic mass is 9.56. The highest BCUT2D eigenvalue weighted by atomic mass is 14.5. The summed E-state index contributed by atoms with van der Waals surface area (Å²) >= 11 is 0. The zero-order valence-corrected chi connectivity index (χ0v) is 14.1. The zero-order chi connectivity index (χ0) is 15.1. The van der Waals surface area contributed by atoms with Crippen molar-refractivity contribution >= 4 is 0 Å². The summed E-state index contributed by atoms with van der Waals surface area (Å²) in [7, 11) is 0. The Morgan fingerprint density at radius 3 is 2.29 bits per heavy atom. The Labute approximate surface area is 131 Å². The Kier molecular flexibility index (Phi) is 4.17. The Morgan fingerprint density at radius 1 is 1.10 bits per heavy atom. The third kappa shape index (κ3) is 2.67. The highest BCUT2D eigenvalue weighted by Gasteiger charge is 2.43. The topological polar surface area (TPSA) is 0 Å². The van der Waals surface area contributed by atoms with Gasteiger partial charge in [0.2, 0.25) is 0 Å². The van der Waals surface area contributed by atoms with Gasteiger partial charge in [-0.25, -0.2) is 0 Å². The van der Waals surface area contributed by atoms with Gasteiger partial charge >= 0.3 is 0 Å². The van der Waals surface area contributed by atoms with Crippen LogP contribution in [-0.4, -0.2) is 0 Å². The number of hydrogen-bond acceptors (Lipinski definition) is 0. The van der Waals surface area contributed by atoms with Gasteiger partial charge in [0.15, 0.2) is 0 Å². The molecule has 6 unspecified atom stereocenters. The van der Waals surface area contributed by atoms with E-state index >= 15 is 0 Å². The Bertz CT molecular complexity index is 451. The van der Waals surface area contributed by atoms with E-state index in [0.717, 1.165) is 11.8 Å². The van der Waals surface area contributed by atoms with Crippen LogP contribution in [0.25, 0.3) is 0 Å². The summed E-state index contributed by atoms with van der Waals surface area (Å²) in [6, 6.07) is 0. The molecule has 0 nitrogen and oxygen atoms in total. The monoisotopic (exact) mass is 284 g/mol. The van der Waals surface area contributed by atoms with Crippen LogP contribution in [0.3, 0.4) is 0 Å². The summed E-state index contributed by atoms with van der Waals surface area (Å²) in [4.78, 5) is 0. The fourth-order valence-corrected chi connectivity index (χ4v) is 5.22. The molecule has 21 heavy (non-hydrogen) atoms. The fraction of sp³-hybridized carbons (Fsp3) is 0.714. The Morgan fingerprint density at radius 2 is 1.71 bits per heavy atom. The lowest BCUT2D eigenvalue weighted by molar-refractivity contribution is 0.173. The molecular formula is C21H32. The quantitative estimate of drug-likeness (QED) is 0.556. The molecule has 0 radical (unpaired) electrons. The largest absolute Gasteiger partial charge is 0.0995 e. The standard InChI is InChI=1S/C21H32/c1-13-9-10-14(2)21-17(5)19(12-16(4)20(13)21)15(3)11-18-7-6-8-18/h9-10,13-15,18-21H,4-8,11-12H2,1-3H3. The van der Waals surface area contributed by atoms with E-state index in [1.54, 1.807) is 5.57 Å². The average Bonchev–Trinajstić information content (AvgIpc) is 2.40. The number of hydrogen-bond donors (Lipinski definition) is 0. The minimum Gasteiger partial charge on any atom is -0.0995 e. The first kappa shape index (κ1) is 15.1. The highest BCUT2D eigenvalue weighted by Crippen LogP contribution is 2.52. The van der Waals surface area contributed by atoms with Crippen LogP contribution in [0.2, 0.25) is 0 Å². The van der Waals surface area contributed by atoms with Crippen molar-refractivity contribution in [3.8, 4) is 0 Å². The molecule has 3 aliphatic rings. The molecule has 0 aromatic heterocycles. The van der Waals surface area contributed by atoms with Crippen molar-refractivity contribution in [3.63, 3.8) is 0 Å². The van der Waals surface area contributed by atoms with Crippen LogP contribution in [0, 0.1) is 41.4 Å². The minimum absolute atomic E-state index is 0.633. The van der Waals surface area contributed by atoms with Crippen molar-refractivity contribution in [3.05, 3.63) is 36.5 Å². The second-order valence-electron chi connectivity index (χ2n) is 8.21. The van der Waals surface area contributed by atoms with E-state index in [0.29, 0.717) is 29.6 Å². The molecule has 0 aromatic carbocycles. The molecule has 0 heterocycles. The van der Waals surface area contributed by atoms with E-state index in [9.17, 15) is 0 Å². The first-order chi connectivity index (χ1) is 9.99. The van der Waals surface area contributed by atoms with Gasteiger partial charge in [-0.15, -0.1) is 0 Å². The van der Waals surface area contributed by atoms with Gasteiger partial charge in [-0.3, -0.25) is 0 Å². The molecule has 0 N–H and O–H groups in total. The van der Waals surface area contributed by atoms with Gasteiger partial charge in [-0.1, -0.05) is 76.5 Å². The van der Waals surface area contributed by atoms with E-state index in [4.69, 9.17) is 0 Å². The predicted molar refractivity (Wildman–Crippen MR) is 92.0 cm³/mol. The van der Waals surface area contributed by atoms with Gasteiger partial charge in [0, 0.05) is 0 Å². The maximum absolute atomic E-state index is 4.60. The van der Waals surface area contributed by atoms with E-state index in [-0.39, 0.29) is 0 Å². The van der Waals surface area contributed by atoms with Gasteiger partial charge < -0.3 is 0 Å². The first-order valence-electron chi connectivity index (χ1n) is 9.03. The number of allylic oxidation sites excluding steroid dienone is 4. The molecule has 0 spiro atoms. The summed E-state index contributed by atoms with van der Waals surface area (Å²) in [6.07, 6.45) is 11.8. The molecule has 0 amide bonds. The lowest BCUT2D eigenvalue weighted by Crippen LogP contribution is -2.40. The highest BCUT2D eigenvalue weighted by molar-refractivity contribution is 5.29. The van der Waals surface area contributed by atoms with Crippen molar-refractivity contribution in [1.82, 2.24) is 0 Å². The molecule has 0 bridgehead atoms. The van der Waals surface area contributed by atoms with Crippen LogP contribution in [0.1, 0.15) is 52.9 Å². The molecule has 6 atom stereocenters. The van der Waals surface area contributed by atoms with Gasteiger partial charge in [0.25, 0.3) is 0 Å². The third-order valence-corrected chi connectivity index (χ3v) is 6.71. The van der Waals surface area contributed by atoms with Crippen molar-refractivity contribution in [2.45, 2.75) is 52.9 Å². The van der Waals surface area contributed by atoms with Crippen molar-refractivity contribution < 1.29 is 0 Å². The third-order valence-electron chi connectivity index (χ3n) is 6.71. The molecule has 2 saturated carbocycles. The minimum atomic E-state index is 0.633. The molecular weight excluding hydrogens is 252 g/mol. The normalized spacial score (nSPS) is 41.6. The van der Waals surface area contributed by atoms with E-state index in [2.05, 4.69) is 46.1 Å². The summed E-state index contributed by atoms with van der Waals surface area (Å²) in [6.45, 7) is 16.3. The zero-order valence-electron chi connectivity index (χ0n) is 14.1. The molecule has 3 aliphatic carbocycles. The Hall–Kier alpha value is -0.780. The van der Waals surface area contributed by atoms with Crippen molar-refractivity contribution in [1.29, 1.82) is 0 Å². The molecule has 116 valence electrons.